The molecule has 2 amide bonds. The average Bonchev–Trinajstić information content (AvgIpc) is 2.87. The summed E-state index contributed by atoms with van der Waals surface area (Å²) in [5.74, 6) is 0.358. The number of carbonyl (C=O) groups excluding carboxylic acids is 2. The highest BCUT2D eigenvalue weighted by Crippen LogP contribution is 2.24. The molecule has 5 N–H and O–H groups in total. The van der Waals surface area contributed by atoms with Gasteiger partial charge in [0.25, 0.3) is 0 Å². The molecule has 2 aliphatic heterocycles. The van der Waals surface area contributed by atoms with Crippen molar-refractivity contribution < 1.29 is 44.6 Å². The highest BCUT2D eigenvalue weighted by Gasteiger charge is 2.33. The van der Waals surface area contributed by atoms with Gasteiger partial charge in [-0.2, -0.15) is 0 Å². The molecule has 0 spiro atoms. The second-order valence-corrected chi connectivity index (χ2v) is 13.5. The van der Waals surface area contributed by atoms with Gasteiger partial charge >= 0.3 is 12.2 Å². The van der Waals surface area contributed by atoms with Gasteiger partial charge in [0, 0.05) is 38.1 Å². The van der Waals surface area contributed by atoms with E-state index in [0.29, 0.717) is 32.0 Å². The van der Waals surface area contributed by atoms with E-state index in [1.807, 2.05) is 41.5 Å². The second kappa shape index (κ2) is 22.0. The molecule has 2 saturated heterocycles. The lowest BCUT2D eigenvalue weighted by molar-refractivity contribution is -0.0234. The third-order valence-corrected chi connectivity index (χ3v) is 7.61. The van der Waals surface area contributed by atoms with Crippen LogP contribution >= 0.6 is 0 Å². The summed E-state index contributed by atoms with van der Waals surface area (Å²) in [7, 11) is 0. The first kappa shape index (κ1) is 46.8. The van der Waals surface area contributed by atoms with Crippen molar-refractivity contribution in [1.82, 2.24) is 9.80 Å². The molecule has 0 unspecified atom stereocenters. The van der Waals surface area contributed by atoms with Crippen LogP contribution in [0.2, 0.25) is 0 Å². The zero-order valence-corrected chi connectivity index (χ0v) is 27.4. The summed E-state index contributed by atoms with van der Waals surface area (Å²) >= 11 is 0. The quantitative estimate of drug-likeness (QED) is 0.272. The summed E-state index contributed by atoms with van der Waals surface area (Å²) in [4.78, 5) is 26.5. The van der Waals surface area contributed by atoms with Crippen LogP contribution < -0.4 is 0 Å². The molecule has 1 saturated carbocycles. The van der Waals surface area contributed by atoms with E-state index in [1.165, 1.54) is 11.3 Å². The number of hydrogen-bond donors (Lipinski definition) is 5. The van der Waals surface area contributed by atoms with Gasteiger partial charge in [0.1, 0.15) is 11.2 Å². The van der Waals surface area contributed by atoms with Gasteiger partial charge < -0.3 is 52.2 Å². The highest BCUT2D eigenvalue weighted by molar-refractivity contribution is 5.68. The van der Waals surface area contributed by atoms with Gasteiger partial charge in [0.05, 0.1) is 31.4 Å². The van der Waals surface area contributed by atoms with Crippen molar-refractivity contribution in [2.45, 2.75) is 138 Å². The number of piperidine rings is 2. The molecule has 3 aliphatic rings. The maximum Gasteiger partial charge on any atom is 0.410 e. The summed E-state index contributed by atoms with van der Waals surface area (Å²) in [6, 6.07) is 0. The number of likely N-dealkylation sites (tertiary alicyclic amines) is 2. The first-order valence-electron chi connectivity index (χ1n) is 15.2. The fourth-order valence-corrected chi connectivity index (χ4v) is 5.04. The van der Waals surface area contributed by atoms with Crippen molar-refractivity contribution in [3.8, 4) is 0 Å². The Morgan fingerprint density at radius 3 is 1.32 bits per heavy atom. The van der Waals surface area contributed by atoms with Crippen LogP contribution in [0.15, 0.2) is 0 Å². The van der Waals surface area contributed by atoms with Crippen LogP contribution in [0, 0.1) is 25.2 Å². The van der Waals surface area contributed by atoms with Gasteiger partial charge in [0.2, 0.25) is 0 Å². The van der Waals surface area contributed by atoms with E-state index < -0.39 is 29.5 Å². The summed E-state index contributed by atoms with van der Waals surface area (Å²) in [5, 5.41) is 46.4. The van der Waals surface area contributed by atoms with Crippen molar-refractivity contribution in [3.63, 3.8) is 0 Å². The Morgan fingerprint density at radius 1 is 0.659 bits per heavy atom. The molecule has 266 valence electrons. The molecule has 0 bridgehead atoms. The lowest BCUT2D eigenvalue weighted by Crippen LogP contribution is -2.49. The number of ether oxygens (including phenoxy) is 2. The van der Waals surface area contributed by atoms with Crippen LogP contribution in [0.5, 0.6) is 0 Å². The number of rotatable bonds is 3. The van der Waals surface area contributed by atoms with Gasteiger partial charge in [-0.3, -0.25) is 0 Å². The van der Waals surface area contributed by atoms with Crippen LogP contribution in [0.25, 0.3) is 0 Å². The summed E-state index contributed by atoms with van der Waals surface area (Å²) < 4.78 is 10.5. The smallest absolute Gasteiger partial charge is 0.410 e. The number of hydrogen-bond acceptors (Lipinski definition) is 9. The predicted octanol–water partition coefficient (Wildman–Crippen LogP) is 4.86. The molecule has 2 heterocycles. The van der Waals surface area contributed by atoms with E-state index in [0.717, 1.165) is 32.1 Å². The number of β-amino-alcohol motifs (C(OH)–C–C–N with tert-alkyl or cyclic N) is 2. The second-order valence-electron chi connectivity index (χ2n) is 13.5. The number of amides is 2. The van der Waals surface area contributed by atoms with E-state index >= 15 is 0 Å². The zero-order chi connectivity index (χ0) is 31.4. The minimum Gasteiger partial charge on any atom is -0.444 e. The fourth-order valence-electron chi connectivity index (χ4n) is 5.04. The van der Waals surface area contributed by atoms with Crippen molar-refractivity contribution >= 4 is 12.2 Å². The Hall–Kier alpha value is -1.66. The third-order valence-electron chi connectivity index (χ3n) is 7.61. The van der Waals surface area contributed by atoms with E-state index in [-0.39, 0.29) is 66.1 Å². The molecular weight excluding hydrogens is 568 g/mol. The normalized spacial score (nSPS) is 26.9. The highest BCUT2D eigenvalue weighted by atomic mass is 16.6. The number of aliphatic hydroxyl groups is 5. The Morgan fingerprint density at radius 2 is 1.02 bits per heavy atom. The van der Waals surface area contributed by atoms with Crippen molar-refractivity contribution in [1.29, 1.82) is 0 Å². The van der Waals surface area contributed by atoms with Gasteiger partial charge in [-0.15, -0.1) is 0 Å². The van der Waals surface area contributed by atoms with E-state index in [9.17, 15) is 24.9 Å². The number of aliphatic hydroxyl groups excluding tert-OH is 5. The first-order valence-corrected chi connectivity index (χ1v) is 15.2. The van der Waals surface area contributed by atoms with Gasteiger partial charge in [-0.25, -0.2) is 9.59 Å². The third kappa shape index (κ3) is 17.7. The minimum absolute atomic E-state index is 0. The Labute approximate surface area is 268 Å². The maximum absolute atomic E-state index is 11.7. The minimum atomic E-state index is -0.661. The Balaban J connectivity index is -0.000000574. The topological polar surface area (TPSA) is 160 Å². The van der Waals surface area contributed by atoms with Crippen LogP contribution in [-0.4, -0.2) is 116 Å². The van der Waals surface area contributed by atoms with Gasteiger partial charge in [-0.1, -0.05) is 41.0 Å². The van der Waals surface area contributed by atoms with Gasteiger partial charge in [-0.05, 0) is 73.1 Å². The molecule has 0 radical (unpaired) electrons. The largest absolute Gasteiger partial charge is 0.444 e. The summed E-state index contributed by atoms with van der Waals surface area (Å²) in [6.07, 6.45) is 4.57. The van der Waals surface area contributed by atoms with Crippen LogP contribution in [-0.2, 0) is 9.47 Å². The Kier molecular flexibility index (Phi) is 23.3. The fraction of sp³-hybridized carbons (Fsp3) is 0.909. The van der Waals surface area contributed by atoms with E-state index in [1.54, 1.807) is 4.90 Å². The lowest BCUT2D eigenvalue weighted by Gasteiger charge is -2.36. The van der Waals surface area contributed by atoms with E-state index in [2.05, 4.69) is 6.92 Å². The molecule has 11 heteroatoms. The standard InChI is InChI=1S/C12H23NO3.C11H21NO4.C7H14O2.2CH4.CH3/c1-5-9-6-7-13(8-10(9)14)11(15)16-12(2,3)4;1-11(2,3)16-10(15)12-5-4-8(7-13)9(14)6-12;8-5-6-3-1-2-4-7(6)9;;;/h9-10,14H,5-8H2,1-4H3;8-9,13-14H,4-7H2,1-3H3;6-9H,1-5H2;2*1H4;1H3/q;;;;;-1/t9-,10-;8-,9+;6-,7+;;;/m100.../s1. The molecule has 44 heavy (non-hydrogen) atoms. The predicted molar refractivity (Wildman–Crippen MR) is 176 cm³/mol. The molecule has 3 rings (SSSR count). The van der Waals surface area contributed by atoms with Crippen molar-refractivity contribution in [2.24, 2.45) is 17.8 Å². The monoisotopic (exact) mass is 638 g/mol. The average molecular weight is 638 g/mol. The molecule has 0 aromatic rings. The molecular formula is C33H69N2O9-. The van der Waals surface area contributed by atoms with E-state index in [4.69, 9.17) is 19.7 Å². The molecule has 6 atom stereocenters. The molecule has 0 aromatic heterocycles. The maximum atomic E-state index is 11.7. The zero-order valence-electron chi connectivity index (χ0n) is 27.4. The molecule has 0 aromatic carbocycles. The van der Waals surface area contributed by atoms with Crippen LogP contribution in [0.1, 0.15) is 108 Å². The SMILES string of the molecule is C.C.CC(C)(C)OC(=O)N1CC[C@@H](CO)[C@H](O)C1.CC[C@@H]1CCN(C(=O)OC(C)(C)C)C[C@H]1O.OC[C@@H]1CCCC[C@H]1O.[CH3-]. The number of nitrogens with zero attached hydrogens (tertiary/aromatic N) is 2. The molecule has 11 nitrogen and oxygen atoms in total. The summed E-state index contributed by atoms with van der Waals surface area (Å²) in [5.41, 5.74) is -0.987. The Bertz CT molecular complexity index is 717. The lowest BCUT2D eigenvalue weighted by atomic mass is 9.87. The summed E-state index contributed by atoms with van der Waals surface area (Å²) in [6.45, 7) is 15.0. The van der Waals surface area contributed by atoms with Crippen LogP contribution in [0.4, 0.5) is 9.59 Å². The first-order chi connectivity index (χ1) is 19.0. The molecule has 3 fully saturated rings. The van der Waals surface area contributed by atoms with Gasteiger partial charge in [0.15, 0.2) is 0 Å². The van der Waals surface area contributed by atoms with Crippen LogP contribution in [0.3, 0.4) is 0 Å². The number of carbonyl (C=O) groups is 2. The van der Waals surface area contributed by atoms with Crippen molar-refractivity contribution in [2.75, 3.05) is 39.4 Å². The van der Waals surface area contributed by atoms with Crippen molar-refractivity contribution in [3.05, 3.63) is 7.43 Å². The molecule has 1 aliphatic carbocycles.